The van der Waals surface area contributed by atoms with E-state index in [1.165, 1.54) is 23.9 Å². The van der Waals surface area contributed by atoms with Gasteiger partial charge in [-0.15, -0.1) is 11.8 Å². The third-order valence-corrected chi connectivity index (χ3v) is 2.95. The van der Waals surface area contributed by atoms with Crippen LogP contribution in [0.3, 0.4) is 0 Å². The fourth-order valence-corrected chi connectivity index (χ4v) is 2.02. The molecule has 0 amide bonds. The van der Waals surface area contributed by atoms with E-state index in [2.05, 4.69) is 5.16 Å². The lowest BCUT2D eigenvalue weighted by atomic mass is 10.1. The Morgan fingerprint density at radius 3 is 2.88 bits per heavy atom. The van der Waals surface area contributed by atoms with Crippen LogP contribution in [0.5, 0.6) is 0 Å². The van der Waals surface area contributed by atoms with Gasteiger partial charge in [0.05, 0.1) is 5.56 Å². The van der Waals surface area contributed by atoms with Crippen LogP contribution in [0.1, 0.15) is 10.5 Å². The van der Waals surface area contributed by atoms with Gasteiger partial charge >= 0.3 is 5.97 Å². The van der Waals surface area contributed by atoms with Gasteiger partial charge in [0.2, 0.25) is 0 Å². The quantitative estimate of drug-likeness (QED) is 0.852. The first-order valence-electron chi connectivity index (χ1n) is 4.66. The highest BCUT2D eigenvalue weighted by Gasteiger charge is 2.17. The van der Waals surface area contributed by atoms with E-state index in [-0.39, 0.29) is 17.0 Å². The van der Waals surface area contributed by atoms with E-state index in [1.807, 2.05) is 0 Å². The molecule has 1 aromatic heterocycles. The third-order valence-electron chi connectivity index (χ3n) is 2.17. The molecule has 2 rings (SSSR count). The van der Waals surface area contributed by atoms with Gasteiger partial charge in [-0.2, -0.15) is 0 Å². The lowest BCUT2D eigenvalue weighted by Gasteiger charge is -2.04. The van der Waals surface area contributed by atoms with Crippen LogP contribution in [0, 0.1) is 5.82 Å². The summed E-state index contributed by atoms with van der Waals surface area (Å²) < 4.78 is 18.5. The Morgan fingerprint density at radius 2 is 2.29 bits per heavy atom. The van der Waals surface area contributed by atoms with Crippen LogP contribution in [-0.2, 0) is 0 Å². The topological polar surface area (TPSA) is 63.3 Å². The highest BCUT2D eigenvalue weighted by Crippen LogP contribution is 2.32. The van der Waals surface area contributed by atoms with Crippen LogP contribution in [0.15, 0.2) is 33.7 Å². The first kappa shape index (κ1) is 11.7. The Bertz CT molecular complexity index is 568. The Hall–Kier alpha value is -1.82. The number of carboxylic acids is 1. The maximum Gasteiger partial charge on any atom is 0.358 e. The number of rotatable bonds is 3. The summed E-state index contributed by atoms with van der Waals surface area (Å²) in [6, 6.07) is 5.81. The first-order chi connectivity index (χ1) is 8.13. The van der Waals surface area contributed by atoms with E-state index in [9.17, 15) is 9.18 Å². The fourth-order valence-electron chi connectivity index (χ4n) is 1.41. The molecule has 0 saturated carbocycles. The normalized spacial score (nSPS) is 10.5. The standard InChI is InChI=1S/C11H8FNO3S/c1-17-9-4-2-3-6(12)10(9)8-5-7(11(14)15)13-16-8/h2-5H,1H3,(H,14,15). The summed E-state index contributed by atoms with van der Waals surface area (Å²) in [5, 5.41) is 12.1. The number of benzene rings is 1. The predicted molar refractivity (Wildman–Crippen MR) is 60.6 cm³/mol. The second-order valence-corrected chi connectivity index (χ2v) is 4.05. The summed E-state index contributed by atoms with van der Waals surface area (Å²) in [6.07, 6.45) is 1.80. The molecular weight excluding hydrogens is 245 g/mol. The molecule has 0 aliphatic carbocycles. The molecule has 1 heterocycles. The predicted octanol–water partition coefficient (Wildman–Crippen LogP) is 2.90. The van der Waals surface area contributed by atoms with Crippen molar-refractivity contribution >= 4 is 17.7 Å². The minimum Gasteiger partial charge on any atom is -0.476 e. The highest BCUT2D eigenvalue weighted by atomic mass is 32.2. The minimum absolute atomic E-state index is 0.116. The number of halogens is 1. The van der Waals surface area contributed by atoms with Gasteiger partial charge in [0, 0.05) is 11.0 Å². The lowest BCUT2D eigenvalue weighted by Crippen LogP contribution is -1.94. The third kappa shape index (κ3) is 2.16. The van der Waals surface area contributed by atoms with E-state index in [0.29, 0.717) is 4.90 Å². The van der Waals surface area contributed by atoms with Gasteiger partial charge in [0.1, 0.15) is 5.82 Å². The van der Waals surface area contributed by atoms with Gasteiger partial charge < -0.3 is 9.63 Å². The van der Waals surface area contributed by atoms with Crippen molar-refractivity contribution in [3.63, 3.8) is 0 Å². The van der Waals surface area contributed by atoms with E-state index in [1.54, 1.807) is 18.4 Å². The molecule has 0 aliphatic rings. The van der Waals surface area contributed by atoms with Crippen LogP contribution in [0.4, 0.5) is 4.39 Å². The monoisotopic (exact) mass is 253 g/mol. The molecule has 1 aromatic carbocycles. The molecule has 0 aliphatic heterocycles. The van der Waals surface area contributed by atoms with Crippen molar-refractivity contribution in [2.45, 2.75) is 4.90 Å². The van der Waals surface area contributed by atoms with Crippen molar-refractivity contribution in [1.82, 2.24) is 5.16 Å². The molecule has 4 nitrogen and oxygen atoms in total. The summed E-state index contributed by atoms with van der Waals surface area (Å²) in [5.41, 5.74) is -0.00435. The van der Waals surface area contributed by atoms with Crippen molar-refractivity contribution in [2.75, 3.05) is 6.26 Å². The second-order valence-electron chi connectivity index (χ2n) is 3.20. The van der Waals surface area contributed by atoms with Gasteiger partial charge in [-0.3, -0.25) is 0 Å². The Morgan fingerprint density at radius 1 is 1.53 bits per heavy atom. The zero-order chi connectivity index (χ0) is 12.4. The number of aromatic carboxylic acids is 1. The van der Waals surface area contributed by atoms with Crippen molar-refractivity contribution in [3.8, 4) is 11.3 Å². The summed E-state index contributed by atoms with van der Waals surface area (Å²) in [6.45, 7) is 0. The molecule has 0 unspecified atom stereocenters. The molecule has 17 heavy (non-hydrogen) atoms. The molecule has 0 atom stereocenters. The number of thioether (sulfide) groups is 1. The number of aromatic nitrogens is 1. The molecule has 2 aromatic rings. The molecule has 6 heteroatoms. The Balaban J connectivity index is 2.55. The lowest BCUT2D eigenvalue weighted by molar-refractivity contribution is 0.0686. The van der Waals surface area contributed by atoms with E-state index < -0.39 is 11.8 Å². The Kier molecular flexibility index (Phi) is 3.14. The Labute approximate surface area is 100 Å². The maximum atomic E-state index is 13.7. The number of hydrogen-bond donors (Lipinski definition) is 1. The van der Waals surface area contributed by atoms with Crippen LogP contribution in [0.2, 0.25) is 0 Å². The zero-order valence-electron chi connectivity index (χ0n) is 8.81. The van der Waals surface area contributed by atoms with Crippen LogP contribution < -0.4 is 0 Å². The average Bonchev–Trinajstić information content (AvgIpc) is 2.77. The second kappa shape index (κ2) is 4.58. The van der Waals surface area contributed by atoms with Crippen molar-refractivity contribution in [3.05, 3.63) is 35.8 Å². The summed E-state index contributed by atoms with van der Waals surface area (Å²) >= 11 is 1.35. The summed E-state index contributed by atoms with van der Waals surface area (Å²) in [5.74, 6) is -1.56. The molecule has 1 N–H and O–H groups in total. The number of nitrogens with zero attached hydrogens (tertiary/aromatic N) is 1. The van der Waals surface area contributed by atoms with Gasteiger partial charge in [0.15, 0.2) is 11.5 Å². The first-order valence-corrected chi connectivity index (χ1v) is 5.89. The van der Waals surface area contributed by atoms with E-state index in [0.717, 1.165) is 0 Å². The number of carbonyl (C=O) groups is 1. The van der Waals surface area contributed by atoms with Gasteiger partial charge in [-0.05, 0) is 18.4 Å². The molecule has 88 valence electrons. The van der Waals surface area contributed by atoms with E-state index >= 15 is 0 Å². The summed E-state index contributed by atoms with van der Waals surface area (Å²) in [4.78, 5) is 11.3. The minimum atomic E-state index is -1.21. The fraction of sp³-hybridized carbons (Fsp3) is 0.0909. The molecule has 0 radical (unpaired) electrons. The molecule has 0 spiro atoms. The van der Waals surface area contributed by atoms with Crippen LogP contribution in [-0.4, -0.2) is 22.5 Å². The van der Waals surface area contributed by atoms with Crippen molar-refractivity contribution in [1.29, 1.82) is 0 Å². The van der Waals surface area contributed by atoms with Crippen LogP contribution in [0.25, 0.3) is 11.3 Å². The number of hydrogen-bond acceptors (Lipinski definition) is 4. The number of carboxylic acid groups (broad SMARTS) is 1. The van der Waals surface area contributed by atoms with Crippen LogP contribution >= 0.6 is 11.8 Å². The van der Waals surface area contributed by atoms with E-state index in [4.69, 9.17) is 9.63 Å². The average molecular weight is 253 g/mol. The van der Waals surface area contributed by atoms with Gasteiger partial charge in [-0.25, -0.2) is 9.18 Å². The molecule has 0 fully saturated rings. The molecular formula is C11H8FNO3S. The smallest absolute Gasteiger partial charge is 0.358 e. The summed E-state index contributed by atoms with van der Waals surface area (Å²) in [7, 11) is 0. The molecule has 0 saturated heterocycles. The van der Waals surface area contributed by atoms with Gasteiger partial charge in [0.25, 0.3) is 0 Å². The molecule has 0 bridgehead atoms. The maximum absolute atomic E-state index is 13.7. The van der Waals surface area contributed by atoms with Crippen molar-refractivity contribution in [2.24, 2.45) is 0 Å². The van der Waals surface area contributed by atoms with Gasteiger partial charge in [-0.1, -0.05) is 11.2 Å². The van der Waals surface area contributed by atoms with Crippen molar-refractivity contribution < 1.29 is 18.8 Å². The largest absolute Gasteiger partial charge is 0.476 e. The zero-order valence-corrected chi connectivity index (χ0v) is 9.62. The highest BCUT2D eigenvalue weighted by molar-refractivity contribution is 7.98. The SMILES string of the molecule is CSc1cccc(F)c1-c1cc(C(=O)O)no1.